The number of nitrogens with zero attached hydrogens (tertiary/aromatic N) is 4. The van der Waals surface area contributed by atoms with Crippen LogP contribution in [0.1, 0.15) is 18.1 Å². The molecular weight excluding hydrogens is 380 g/mol. The van der Waals surface area contributed by atoms with Gasteiger partial charge in [-0.25, -0.2) is 13.8 Å². The summed E-state index contributed by atoms with van der Waals surface area (Å²) in [7, 11) is 0. The number of nitrogens with one attached hydrogen (secondary N) is 1. The Labute approximate surface area is 164 Å². The van der Waals surface area contributed by atoms with Crippen molar-refractivity contribution < 1.29 is 18.0 Å². The van der Waals surface area contributed by atoms with E-state index in [1.165, 1.54) is 12.3 Å². The molecule has 3 aromatic heterocycles. The number of amides is 1. The van der Waals surface area contributed by atoms with E-state index in [9.17, 15) is 13.6 Å². The molecule has 7 nitrogen and oxygen atoms in total. The second-order valence-corrected chi connectivity index (χ2v) is 6.39. The van der Waals surface area contributed by atoms with Crippen molar-refractivity contribution >= 4 is 11.6 Å². The Hall–Kier alpha value is -3.62. The lowest BCUT2D eigenvalue weighted by Crippen LogP contribution is -2.26. The van der Waals surface area contributed by atoms with Crippen LogP contribution in [-0.2, 0) is 17.6 Å². The van der Waals surface area contributed by atoms with Gasteiger partial charge in [0.2, 0.25) is 5.91 Å². The van der Waals surface area contributed by atoms with E-state index in [4.69, 9.17) is 4.42 Å². The van der Waals surface area contributed by atoms with Crippen LogP contribution in [0.5, 0.6) is 0 Å². The molecule has 0 saturated carbocycles. The van der Waals surface area contributed by atoms with Gasteiger partial charge < -0.3 is 9.73 Å². The molecule has 1 amide bonds. The molecular formula is C20H17F2N5O2. The summed E-state index contributed by atoms with van der Waals surface area (Å²) in [5.41, 5.74) is 0.876. The number of aryl methyl sites for hydroxylation is 1. The van der Waals surface area contributed by atoms with E-state index in [-0.39, 0.29) is 30.1 Å². The van der Waals surface area contributed by atoms with Gasteiger partial charge in [-0.2, -0.15) is 0 Å². The molecule has 1 N–H and O–H groups in total. The second-order valence-electron chi connectivity index (χ2n) is 6.39. The third-order valence-electron chi connectivity index (χ3n) is 4.37. The summed E-state index contributed by atoms with van der Waals surface area (Å²) in [6.45, 7) is 0.423. The molecule has 0 fully saturated rings. The van der Waals surface area contributed by atoms with Crippen molar-refractivity contribution in [3.8, 4) is 11.3 Å². The van der Waals surface area contributed by atoms with Gasteiger partial charge in [0, 0.05) is 38.1 Å². The van der Waals surface area contributed by atoms with E-state index < -0.39 is 11.6 Å². The predicted octanol–water partition coefficient (Wildman–Crippen LogP) is 2.95. The second kappa shape index (κ2) is 8.17. The lowest BCUT2D eigenvalue weighted by Gasteiger charge is -2.03. The summed E-state index contributed by atoms with van der Waals surface area (Å²) < 4.78 is 34.2. The van der Waals surface area contributed by atoms with Crippen LogP contribution in [0.15, 0.2) is 53.2 Å². The Kier molecular flexibility index (Phi) is 5.28. The first kappa shape index (κ1) is 18.7. The van der Waals surface area contributed by atoms with Crippen LogP contribution in [0.2, 0.25) is 0 Å². The fourth-order valence-corrected chi connectivity index (χ4v) is 2.92. The number of fused-ring (bicyclic) bond motifs is 1. The Balaban J connectivity index is 1.27. The molecule has 29 heavy (non-hydrogen) atoms. The maximum Gasteiger partial charge on any atom is 0.220 e. The summed E-state index contributed by atoms with van der Waals surface area (Å²) in [5, 5.41) is 11.0. The zero-order valence-corrected chi connectivity index (χ0v) is 15.3. The topological polar surface area (TPSA) is 85.3 Å². The van der Waals surface area contributed by atoms with Crippen molar-refractivity contribution in [2.75, 3.05) is 6.54 Å². The highest BCUT2D eigenvalue weighted by molar-refractivity contribution is 5.76. The monoisotopic (exact) mass is 397 g/mol. The van der Waals surface area contributed by atoms with Gasteiger partial charge in [0.25, 0.3) is 0 Å². The van der Waals surface area contributed by atoms with Gasteiger partial charge in [0.1, 0.15) is 17.5 Å². The zero-order chi connectivity index (χ0) is 20.2. The molecule has 4 rings (SSSR count). The summed E-state index contributed by atoms with van der Waals surface area (Å²) in [4.78, 5) is 16.1. The highest BCUT2D eigenvalue weighted by Gasteiger charge is 2.13. The molecule has 0 unspecified atom stereocenters. The first-order chi connectivity index (χ1) is 14.1. The minimum atomic E-state index is -0.730. The molecule has 0 aliphatic carbocycles. The molecule has 0 aliphatic heterocycles. The highest BCUT2D eigenvalue weighted by Crippen LogP contribution is 2.24. The quantitative estimate of drug-likeness (QED) is 0.518. The molecule has 0 radical (unpaired) electrons. The number of carbonyl (C=O) groups excluding carboxylic acids is 1. The molecule has 9 heteroatoms. The van der Waals surface area contributed by atoms with Crippen LogP contribution in [0.25, 0.3) is 17.0 Å². The van der Waals surface area contributed by atoms with E-state index in [0.29, 0.717) is 18.9 Å². The Morgan fingerprint density at radius 1 is 1.14 bits per heavy atom. The molecule has 0 atom stereocenters. The van der Waals surface area contributed by atoms with Gasteiger partial charge in [0.15, 0.2) is 17.3 Å². The normalized spacial score (nSPS) is 11.1. The molecule has 148 valence electrons. The standard InChI is InChI=1S/C20H17F2N5O2/c21-13-4-5-14(15(22)11-13)16-12-24-20(29-16)7-6-19(28)23-9-8-18-26-25-17-3-1-2-10-27(17)18/h1-5,10-12H,6-9H2,(H,23,28). The summed E-state index contributed by atoms with van der Waals surface area (Å²) in [5.74, 6) is -0.293. The number of oxazole rings is 1. The van der Waals surface area contributed by atoms with Crippen molar-refractivity contribution in [3.63, 3.8) is 0 Å². The smallest absolute Gasteiger partial charge is 0.220 e. The van der Waals surface area contributed by atoms with Gasteiger partial charge >= 0.3 is 0 Å². The number of pyridine rings is 1. The largest absolute Gasteiger partial charge is 0.441 e. The third kappa shape index (κ3) is 4.29. The molecule has 0 saturated heterocycles. The van der Waals surface area contributed by atoms with Gasteiger partial charge in [-0.15, -0.1) is 10.2 Å². The number of hydrogen-bond donors (Lipinski definition) is 1. The summed E-state index contributed by atoms with van der Waals surface area (Å²) in [6.07, 6.45) is 4.22. The van der Waals surface area contributed by atoms with Crippen LogP contribution >= 0.6 is 0 Å². The first-order valence-corrected chi connectivity index (χ1v) is 9.05. The fourth-order valence-electron chi connectivity index (χ4n) is 2.92. The molecule has 0 spiro atoms. The van der Waals surface area contributed by atoms with Gasteiger partial charge in [-0.05, 0) is 24.3 Å². The van der Waals surface area contributed by atoms with Crippen LogP contribution in [-0.4, -0.2) is 32.0 Å². The number of carbonyl (C=O) groups is 1. The highest BCUT2D eigenvalue weighted by atomic mass is 19.1. The summed E-state index contributed by atoms with van der Waals surface area (Å²) in [6, 6.07) is 8.85. The lowest BCUT2D eigenvalue weighted by atomic mass is 10.2. The fraction of sp³-hybridized carbons (Fsp3) is 0.200. The minimum Gasteiger partial charge on any atom is -0.441 e. The predicted molar refractivity (Wildman–Crippen MR) is 99.9 cm³/mol. The van der Waals surface area contributed by atoms with Crippen LogP contribution < -0.4 is 5.32 Å². The van der Waals surface area contributed by atoms with Gasteiger partial charge in [-0.1, -0.05) is 6.07 Å². The summed E-state index contributed by atoms with van der Waals surface area (Å²) >= 11 is 0. The van der Waals surface area contributed by atoms with Crippen LogP contribution in [0, 0.1) is 11.6 Å². The molecule has 3 heterocycles. The maximum atomic E-state index is 13.8. The van der Waals surface area contributed by atoms with Crippen molar-refractivity contribution in [2.24, 2.45) is 0 Å². The zero-order valence-electron chi connectivity index (χ0n) is 15.3. The molecule has 4 aromatic rings. The van der Waals surface area contributed by atoms with Gasteiger partial charge in [0.05, 0.1) is 11.8 Å². The van der Waals surface area contributed by atoms with E-state index in [1.807, 2.05) is 28.8 Å². The number of benzene rings is 1. The van der Waals surface area contributed by atoms with Crippen molar-refractivity contribution in [1.82, 2.24) is 24.9 Å². The average Bonchev–Trinajstić information content (AvgIpc) is 3.34. The number of halogens is 2. The van der Waals surface area contributed by atoms with E-state index in [0.717, 1.165) is 23.6 Å². The maximum absolute atomic E-state index is 13.8. The Bertz CT molecular complexity index is 1150. The van der Waals surface area contributed by atoms with Crippen LogP contribution in [0.4, 0.5) is 8.78 Å². The number of hydrogen-bond acceptors (Lipinski definition) is 5. The molecule has 0 bridgehead atoms. The van der Waals surface area contributed by atoms with Crippen molar-refractivity contribution in [3.05, 3.63) is 72.1 Å². The van der Waals surface area contributed by atoms with Crippen molar-refractivity contribution in [2.45, 2.75) is 19.3 Å². The van der Waals surface area contributed by atoms with E-state index in [2.05, 4.69) is 20.5 Å². The lowest BCUT2D eigenvalue weighted by molar-refractivity contribution is -0.121. The Morgan fingerprint density at radius 3 is 2.90 bits per heavy atom. The average molecular weight is 397 g/mol. The number of rotatable bonds is 7. The number of aromatic nitrogens is 4. The minimum absolute atomic E-state index is 0.120. The SMILES string of the molecule is O=C(CCc1ncc(-c2ccc(F)cc2F)o1)NCCc1nnc2ccccn12. The van der Waals surface area contributed by atoms with E-state index >= 15 is 0 Å². The van der Waals surface area contributed by atoms with Crippen molar-refractivity contribution in [1.29, 1.82) is 0 Å². The molecule has 0 aliphatic rings. The van der Waals surface area contributed by atoms with Crippen LogP contribution in [0.3, 0.4) is 0 Å². The molecule has 1 aromatic carbocycles. The van der Waals surface area contributed by atoms with E-state index in [1.54, 1.807) is 0 Å². The first-order valence-electron chi connectivity index (χ1n) is 9.05. The van der Waals surface area contributed by atoms with Gasteiger partial charge in [-0.3, -0.25) is 9.20 Å². The third-order valence-corrected chi connectivity index (χ3v) is 4.37. The Morgan fingerprint density at radius 2 is 2.03 bits per heavy atom.